The SMILES string of the molecule is OCc1cccc2ccn(Cc3cc(Cl)ccc3F)c12. The summed E-state index contributed by atoms with van der Waals surface area (Å²) in [5.74, 6) is -0.280. The number of aromatic nitrogens is 1. The molecule has 20 heavy (non-hydrogen) atoms. The monoisotopic (exact) mass is 289 g/mol. The molecule has 0 fully saturated rings. The van der Waals surface area contributed by atoms with Gasteiger partial charge in [0.15, 0.2) is 0 Å². The number of benzene rings is 2. The Labute approximate surface area is 121 Å². The van der Waals surface area contributed by atoms with Crippen molar-refractivity contribution < 1.29 is 9.50 Å². The van der Waals surface area contributed by atoms with Crippen LogP contribution in [0.25, 0.3) is 10.9 Å². The fourth-order valence-electron chi connectivity index (χ4n) is 2.45. The molecule has 4 heteroatoms. The molecule has 0 aliphatic rings. The van der Waals surface area contributed by atoms with E-state index in [0.29, 0.717) is 17.1 Å². The van der Waals surface area contributed by atoms with Crippen LogP contribution in [0, 0.1) is 5.82 Å². The summed E-state index contributed by atoms with van der Waals surface area (Å²) >= 11 is 5.92. The molecule has 0 saturated carbocycles. The molecule has 0 saturated heterocycles. The number of rotatable bonds is 3. The quantitative estimate of drug-likeness (QED) is 0.775. The summed E-state index contributed by atoms with van der Waals surface area (Å²) in [5.41, 5.74) is 2.28. The number of halogens is 2. The Kier molecular flexibility index (Phi) is 3.47. The van der Waals surface area contributed by atoms with Gasteiger partial charge in [-0.25, -0.2) is 4.39 Å². The summed E-state index contributed by atoms with van der Waals surface area (Å²) in [5, 5.41) is 11.0. The van der Waals surface area contributed by atoms with Crippen LogP contribution in [-0.4, -0.2) is 9.67 Å². The van der Waals surface area contributed by atoms with Crippen LogP contribution in [-0.2, 0) is 13.2 Å². The van der Waals surface area contributed by atoms with Crippen molar-refractivity contribution in [3.63, 3.8) is 0 Å². The van der Waals surface area contributed by atoms with Crippen molar-refractivity contribution in [3.05, 3.63) is 70.6 Å². The van der Waals surface area contributed by atoms with Gasteiger partial charge < -0.3 is 9.67 Å². The average Bonchev–Trinajstić information content (AvgIpc) is 2.86. The lowest BCUT2D eigenvalue weighted by Crippen LogP contribution is -2.02. The first kappa shape index (κ1) is 13.2. The number of hydrogen-bond donors (Lipinski definition) is 1. The Balaban J connectivity index is 2.09. The third-order valence-electron chi connectivity index (χ3n) is 3.39. The van der Waals surface area contributed by atoms with Crippen LogP contribution in [0.2, 0.25) is 5.02 Å². The normalized spacial score (nSPS) is 11.2. The topological polar surface area (TPSA) is 25.2 Å². The van der Waals surface area contributed by atoms with Gasteiger partial charge in [0.25, 0.3) is 0 Å². The standard InChI is InChI=1S/C16H13ClFNO/c17-14-4-5-15(18)13(8-14)9-19-7-6-11-2-1-3-12(10-20)16(11)19/h1-8,20H,9-10H2. The molecule has 0 spiro atoms. The predicted molar refractivity (Wildman–Crippen MR) is 78.4 cm³/mol. The van der Waals surface area contributed by atoms with Gasteiger partial charge in [-0.3, -0.25) is 0 Å². The number of aliphatic hydroxyl groups excluding tert-OH is 1. The van der Waals surface area contributed by atoms with Gasteiger partial charge in [0.05, 0.1) is 18.7 Å². The van der Waals surface area contributed by atoms with E-state index >= 15 is 0 Å². The van der Waals surface area contributed by atoms with Crippen molar-refractivity contribution in [2.75, 3.05) is 0 Å². The van der Waals surface area contributed by atoms with Gasteiger partial charge in [-0.05, 0) is 29.7 Å². The van der Waals surface area contributed by atoms with Gasteiger partial charge in [-0.15, -0.1) is 0 Å². The molecule has 0 amide bonds. The smallest absolute Gasteiger partial charge is 0.128 e. The fraction of sp³-hybridized carbons (Fsp3) is 0.125. The van der Waals surface area contributed by atoms with E-state index in [0.717, 1.165) is 16.5 Å². The highest BCUT2D eigenvalue weighted by atomic mass is 35.5. The van der Waals surface area contributed by atoms with Crippen LogP contribution in [0.1, 0.15) is 11.1 Å². The van der Waals surface area contributed by atoms with Crippen molar-refractivity contribution in [2.45, 2.75) is 13.2 Å². The minimum Gasteiger partial charge on any atom is -0.392 e. The number of hydrogen-bond acceptors (Lipinski definition) is 1. The lowest BCUT2D eigenvalue weighted by molar-refractivity contribution is 0.283. The van der Waals surface area contributed by atoms with E-state index in [-0.39, 0.29) is 12.4 Å². The Morgan fingerprint density at radius 2 is 1.95 bits per heavy atom. The van der Waals surface area contributed by atoms with Crippen molar-refractivity contribution >= 4 is 22.5 Å². The summed E-state index contributed by atoms with van der Waals surface area (Å²) in [6, 6.07) is 12.2. The Bertz CT molecular complexity index is 766. The van der Waals surface area contributed by atoms with Crippen molar-refractivity contribution in [3.8, 4) is 0 Å². The van der Waals surface area contributed by atoms with E-state index in [2.05, 4.69) is 0 Å². The zero-order valence-electron chi connectivity index (χ0n) is 10.7. The molecule has 2 aromatic carbocycles. The highest BCUT2D eigenvalue weighted by Crippen LogP contribution is 2.23. The molecule has 3 aromatic rings. The van der Waals surface area contributed by atoms with Gasteiger partial charge in [-0.2, -0.15) is 0 Å². The largest absolute Gasteiger partial charge is 0.392 e. The lowest BCUT2D eigenvalue weighted by atomic mass is 10.1. The number of para-hydroxylation sites is 1. The Morgan fingerprint density at radius 1 is 1.10 bits per heavy atom. The van der Waals surface area contributed by atoms with E-state index in [1.807, 2.05) is 35.0 Å². The lowest BCUT2D eigenvalue weighted by Gasteiger charge is -2.10. The fourth-order valence-corrected chi connectivity index (χ4v) is 2.64. The molecule has 2 nitrogen and oxygen atoms in total. The minimum absolute atomic E-state index is 0.0423. The number of nitrogens with zero attached hydrogens (tertiary/aromatic N) is 1. The molecule has 1 heterocycles. The minimum atomic E-state index is -0.280. The van der Waals surface area contributed by atoms with Crippen LogP contribution in [0.3, 0.4) is 0 Å². The molecule has 0 atom stereocenters. The van der Waals surface area contributed by atoms with Gasteiger partial charge in [0, 0.05) is 22.3 Å². The molecule has 1 N–H and O–H groups in total. The summed E-state index contributed by atoms with van der Waals surface area (Å²) in [6.45, 7) is 0.340. The predicted octanol–water partition coefficient (Wildman–Crippen LogP) is 3.97. The van der Waals surface area contributed by atoms with Crippen molar-refractivity contribution in [1.82, 2.24) is 4.57 Å². The first-order valence-corrected chi connectivity index (χ1v) is 6.68. The van der Waals surface area contributed by atoms with Crippen LogP contribution >= 0.6 is 11.6 Å². The van der Waals surface area contributed by atoms with E-state index in [4.69, 9.17) is 11.6 Å². The maximum atomic E-state index is 13.8. The molecule has 102 valence electrons. The zero-order valence-corrected chi connectivity index (χ0v) is 11.4. The van der Waals surface area contributed by atoms with Crippen LogP contribution in [0.5, 0.6) is 0 Å². The molecule has 0 radical (unpaired) electrons. The Hall–Kier alpha value is -1.84. The van der Waals surface area contributed by atoms with Crippen LogP contribution in [0.4, 0.5) is 4.39 Å². The highest BCUT2D eigenvalue weighted by molar-refractivity contribution is 6.30. The second-order valence-corrected chi connectivity index (χ2v) is 5.13. The average molecular weight is 290 g/mol. The van der Waals surface area contributed by atoms with E-state index in [1.54, 1.807) is 6.07 Å². The van der Waals surface area contributed by atoms with Gasteiger partial charge in [0.2, 0.25) is 0 Å². The maximum absolute atomic E-state index is 13.8. The number of fused-ring (bicyclic) bond motifs is 1. The molecule has 1 aromatic heterocycles. The van der Waals surface area contributed by atoms with E-state index < -0.39 is 0 Å². The molecule has 3 rings (SSSR count). The molecular formula is C16H13ClFNO. The summed E-state index contributed by atoms with van der Waals surface area (Å²) in [6.07, 6.45) is 1.89. The summed E-state index contributed by atoms with van der Waals surface area (Å²) in [7, 11) is 0. The Morgan fingerprint density at radius 3 is 2.75 bits per heavy atom. The van der Waals surface area contributed by atoms with Gasteiger partial charge >= 0.3 is 0 Å². The third kappa shape index (κ3) is 2.30. The number of aliphatic hydroxyl groups is 1. The second-order valence-electron chi connectivity index (χ2n) is 4.69. The van der Waals surface area contributed by atoms with Gasteiger partial charge in [-0.1, -0.05) is 29.8 Å². The molecule has 0 aliphatic carbocycles. The van der Waals surface area contributed by atoms with E-state index in [9.17, 15) is 9.50 Å². The summed E-state index contributed by atoms with van der Waals surface area (Å²) in [4.78, 5) is 0. The van der Waals surface area contributed by atoms with Gasteiger partial charge in [0.1, 0.15) is 5.82 Å². The van der Waals surface area contributed by atoms with Crippen molar-refractivity contribution in [1.29, 1.82) is 0 Å². The van der Waals surface area contributed by atoms with Crippen LogP contribution in [0.15, 0.2) is 48.7 Å². The first-order valence-electron chi connectivity index (χ1n) is 6.30. The molecule has 0 aliphatic heterocycles. The third-order valence-corrected chi connectivity index (χ3v) is 3.63. The molecule has 0 bridgehead atoms. The summed E-state index contributed by atoms with van der Waals surface area (Å²) < 4.78 is 15.7. The zero-order chi connectivity index (χ0) is 14.1. The maximum Gasteiger partial charge on any atom is 0.128 e. The first-order chi connectivity index (χ1) is 9.69. The molecular weight excluding hydrogens is 277 g/mol. The van der Waals surface area contributed by atoms with E-state index in [1.165, 1.54) is 12.1 Å². The second kappa shape index (κ2) is 5.27. The highest BCUT2D eigenvalue weighted by Gasteiger charge is 2.09. The van der Waals surface area contributed by atoms with Crippen LogP contribution < -0.4 is 0 Å². The molecule has 0 unspecified atom stereocenters. The van der Waals surface area contributed by atoms with Crippen molar-refractivity contribution in [2.24, 2.45) is 0 Å².